The number of carbonyl (C=O) groups is 1. The van der Waals surface area contributed by atoms with Crippen LogP contribution in [0.4, 0.5) is 8.78 Å². The predicted molar refractivity (Wildman–Crippen MR) is 117 cm³/mol. The number of halogens is 3. The van der Waals surface area contributed by atoms with Crippen LogP contribution in [0.3, 0.4) is 0 Å². The Morgan fingerprint density at radius 2 is 2.09 bits per heavy atom. The van der Waals surface area contributed by atoms with Gasteiger partial charge < -0.3 is 10.1 Å². The van der Waals surface area contributed by atoms with Crippen LogP contribution in [0.25, 0.3) is 5.65 Å². The van der Waals surface area contributed by atoms with Gasteiger partial charge >= 0.3 is 0 Å². The zero-order valence-electron chi connectivity index (χ0n) is 17.8. The molecule has 2 saturated heterocycles. The van der Waals surface area contributed by atoms with Crippen molar-refractivity contribution in [3.8, 4) is 6.07 Å². The van der Waals surface area contributed by atoms with Gasteiger partial charge in [-0.1, -0.05) is 23.7 Å². The third-order valence-corrected chi connectivity index (χ3v) is 6.57. The van der Waals surface area contributed by atoms with E-state index in [1.807, 2.05) is 6.07 Å². The van der Waals surface area contributed by atoms with E-state index in [-0.39, 0.29) is 53.2 Å². The summed E-state index contributed by atoms with van der Waals surface area (Å²) in [7, 11) is 0. The third-order valence-electron chi connectivity index (χ3n) is 6.32. The fourth-order valence-electron chi connectivity index (χ4n) is 4.80. The smallest absolute Gasteiger partial charge is 0.288 e. The molecule has 6 nitrogen and oxygen atoms in total. The molecule has 2 aromatic heterocycles. The van der Waals surface area contributed by atoms with Gasteiger partial charge in [0.15, 0.2) is 0 Å². The summed E-state index contributed by atoms with van der Waals surface area (Å²) in [5, 5.41) is 13.3. The second kappa shape index (κ2) is 8.08. The summed E-state index contributed by atoms with van der Waals surface area (Å²) in [5.74, 6) is -3.61. The zero-order chi connectivity index (χ0) is 23.3. The quantitative estimate of drug-likeness (QED) is 0.590. The number of nitrogens with zero attached hydrogens (tertiary/aromatic N) is 3. The van der Waals surface area contributed by atoms with E-state index in [9.17, 15) is 18.8 Å². The lowest BCUT2D eigenvalue weighted by atomic mass is 9.95. The number of ether oxygens (including phenoxy) is 1. The highest BCUT2D eigenvalue weighted by atomic mass is 35.5. The summed E-state index contributed by atoms with van der Waals surface area (Å²) in [4.78, 5) is 17.1. The van der Waals surface area contributed by atoms with Crippen molar-refractivity contribution in [3.63, 3.8) is 0 Å². The Morgan fingerprint density at radius 1 is 1.33 bits per heavy atom. The number of pyridine rings is 1. The Kier molecular flexibility index (Phi) is 5.34. The first kappa shape index (κ1) is 21.8. The average Bonchev–Trinajstić information content (AvgIpc) is 3.49. The molecule has 0 spiro atoms. The molecule has 170 valence electrons. The van der Waals surface area contributed by atoms with Crippen LogP contribution in [-0.2, 0) is 17.1 Å². The Bertz CT molecular complexity index is 1280. The fourth-order valence-corrected chi connectivity index (χ4v) is 4.92. The van der Waals surface area contributed by atoms with Gasteiger partial charge in [-0.2, -0.15) is 14.0 Å². The van der Waals surface area contributed by atoms with E-state index in [1.54, 1.807) is 24.3 Å². The maximum atomic E-state index is 14.5. The SMILES string of the molecule is CC(F)(F)c1nc2cc(C(=O)N[C@H]3C[C@@H]4CC[C@H]3O4)cc(C#N)n2c1Cc1ccc(Cl)cc1. The van der Waals surface area contributed by atoms with Crippen LogP contribution in [0, 0.1) is 11.3 Å². The molecule has 33 heavy (non-hydrogen) atoms. The van der Waals surface area contributed by atoms with Gasteiger partial charge in [-0.3, -0.25) is 9.20 Å². The van der Waals surface area contributed by atoms with Crippen LogP contribution in [0.1, 0.15) is 59.2 Å². The molecule has 3 aromatic rings. The van der Waals surface area contributed by atoms with Crippen LogP contribution in [-0.4, -0.2) is 33.5 Å². The van der Waals surface area contributed by atoms with Crippen molar-refractivity contribution in [2.24, 2.45) is 0 Å². The molecule has 1 N–H and O–H groups in total. The highest BCUT2D eigenvalue weighted by molar-refractivity contribution is 6.30. The number of hydrogen-bond donors (Lipinski definition) is 1. The molecule has 1 amide bonds. The summed E-state index contributed by atoms with van der Waals surface area (Å²) in [6, 6.07) is 11.7. The van der Waals surface area contributed by atoms with Gasteiger partial charge in [0.1, 0.15) is 23.1 Å². The van der Waals surface area contributed by atoms with E-state index in [1.165, 1.54) is 16.5 Å². The molecule has 2 aliphatic heterocycles. The van der Waals surface area contributed by atoms with E-state index in [0.29, 0.717) is 5.02 Å². The summed E-state index contributed by atoms with van der Waals surface area (Å²) in [6.07, 6.45) is 2.96. The normalized spacial score (nSPS) is 22.0. The second-order valence-corrected chi connectivity index (χ2v) is 9.16. The van der Waals surface area contributed by atoms with Gasteiger partial charge in [0.2, 0.25) is 0 Å². The van der Waals surface area contributed by atoms with E-state index in [0.717, 1.165) is 31.7 Å². The zero-order valence-corrected chi connectivity index (χ0v) is 18.6. The molecule has 2 fully saturated rings. The van der Waals surface area contributed by atoms with Crippen LogP contribution in [0.15, 0.2) is 36.4 Å². The van der Waals surface area contributed by atoms with Crippen molar-refractivity contribution >= 4 is 23.2 Å². The lowest BCUT2D eigenvalue weighted by Crippen LogP contribution is -2.41. The lowest BCUT2D eigenvalue weighted by molar-refractivity contribution is 0.0124. The number of rotatable bonds is 5. The number of alkyl halides is 2. The first-order valence-corrected chi connectivity index (χ1v) is 11.2. The van der Waals surface area contributed by atoms with E-state index < -0.39 is 11.6 Å². The Labute approximate surface area is 194 Å². The molecule has 2 aliphatic rings. The molecule has 9 heteroatoms. The molecule has 0 radical (unpaired) electrons. The number of nitrogens with one attached hydrogen (secondary N) is 1. The van der Waals surface area contributed by atoms with E-state index in [2.05, 4.69) is 10.3 Å². The minimum absolute atomic E-state index is 0.000841. The van der Waals surface area contributed by atoms with Crippen LogP contribution in [0.2, 0.25) is 5.02 Å². The predicted octanol–water partition coefficient (Wildman–Crippen LogP) is 4.61. The Morgan fingerprint density at radius 3 is 2.70 bits per heavy atom. The maximum Gasteiger partial charge on any atom is 0.288 e. The maximum absolute atomic E-state index is 14.5. The summed E-state index contributed by atoms with van der Waals surface area (Å²) in [5.41, 5.74) is 0.917. The highest BCUT2D eigenvalue weighted by Crippen LogP contribution is 2.35. The highest BCUT2D eigenvalue weighted by Gasteiger charge is 2.41. The average molecular weight is 471 g/mol. The number of aromatic nitrogens is 2. The fraction of sp³-hybridized carbons (Fsp3) is 0.375. The number of fused-ring (bicyclic) bond motifs is 3. The van der Waals surface area contributed by atoms with E-state index >= 15 is 0 Å². The van der Waals surface area contributed by atoms with Crippen LogP contribution >= 0.6 is 11.6 Å². The number of imidazole rings is 1. The molecule has 4 heterocycles. The molecule has 0 saturated carbocycles. The van der Waals surface area contributed by atoms with E-state index in [4.69, 9.17) is 16.3 Å². The summed E-state index contributed by atoms with van der Waals surface area (Å²) < 4.78 is 36.2. The van der Waals surface area contributed by atoms with Crippen LogP contribution in [0.5, 0.6) is 0 Å². The van der Waals surface area contributed by atoms with Crippen molar-refractivity contribution < 1.29 is 18.3 Å². The van der Waals surface area contributed by atoms with Gasteiger partial charge in [-0.15, -0.1) is 0 Å². The van der Waals surface area contributed by atoms with Gasteiger partial charge in [-0.25, -0.2) is 4.98 Å². The topological polar surface area (TPSA) is 79.4 Å². The minimum atomic E-state index is -3.23. The minimum Gasteiger partial charge on any atom is -0.373 e. The largest absolute Gasteiger partial charge is 0.373 e. The molecule has 1 aromatic carbocycles. The van der Waals surface area contributed by atoms with Crippen molar-refractivity contribution in [2.75, 3.05) is 0 Å². The molecule has 3 atom stereocenters. The van der Waals surface area contributed by atoms with Crippen molar-refractivity contribution in [1.29, 1.82) is 5.26 Å². The van der Waals surface area contributed by atoms with Crippen molar-refractivity contribution in [1.82, 2.24) is 14.7 Å². The first-order valence-electron chi connectivity index (χ1n) is 10.8. The molecule has 5 rings (SSSR count). The van der Waals surface area contributed by atoms with Gasteiger partial charge in [0, 0.05) is 23.9 Å². The molecular weight excluding hydrogens is 450 g/mol. The lowest BCUT2D eigenvalue weighted by Gasteiger charge is -2.20. The Hall–Kier alpha value is -3.02. The number of carbonyl (C=O) groups excluding carboxylic acids is 1. The van der Waals surface area contributed by atoms with Gasteiger partial charge in [-0.05, 0) is 49.1 Å². The number of benzene rings is 1. The third kappa shape index (κ3) is 4.07. The van der Waals surface area contributed by atoms with Crippen molar-refractivity contribution in [2.45, 2.75) is 56.8 Å². The molecular formula is C24H21ClF2N4O2. The molecule has 0 aliphatic carbocycles. The first-order chi connectivity index (χ1) is 15.7. The summed E-state index contributed by atoms with van der Waals surface area (Å²) >= 11 is 5.94. The monoisotopic (exact) mass is 470 g/mol. The van der Waals surface area contributed by atoms with Crippen LogP contribution < -0.4 is 5.32 Å². The molecule has 0 unspecified atom stereocenters. The van der Waals surface area contributed by atoms with Crippen molar-refractivity contribution in [3.05, 3.63) is 69.6 Å². The Balaban J connectivity index is 1.55. The van der Waals surface area contributed by atoms with Gasteiger partial charge in [0.25, 0.3) is 11.8 Å². The van der Waals surface area contributed by atoms with Gasteiger partial charge in [0.05, 0.1) is 23.9 Å². The second-order valence-electron chi connectivity index (χ2n) is 8.72. The summed E-state index contributed by atoms with van der Waals surface area (Å²) in [6.45, 7) is 0.773. The number of amides is 1. The number of hydrogen-bond acceptors (Lipinski definition) is 4. The molecule has 2 bridgehead atoms. The number of nitriles is 1. The standard InChI is InChI=1S/C24H21ClF2N4O2/c1-24(26,27)22-19(8-13-2-4-15(25)5-3-13)31-16(12-28)9-14(10-21(31)30-22)23(32)29-18-11-17-6-7-20(18)33-17/h2-5,9-10,17-18,20H,6-8,11H2,1H3,(H,29,32)/t17-,18-,20+/m0/s1.